The molecule has 0 aliphatic carbocycles. The Labute approximate surface area is 115 Å². The van der Waals surface area contributed by atoms with Crippen molar-refractivity contribution in [1.82, 2.24) is 4.72 Å². The summed E-state index contributed by atoms with van der Waals surface area (Å²) < 4.78 is 26.7. The lowest BCUT2D eigenvalue weighted by Crippen LogP contribution is -2.26. The van der Waals surface area contributed by atoms with Crippen LogP contribution in [0.4, 0.5) is 0 Å². The lowest BCUT2D eigenvalue weighted by atomic mass is 10.2. The molecule has 0 bridgehead atoms. The number of hydrogen-bond donors (Lipinski definition) is 2. The molecule has 4 nitrogen and oxygen atoms in total. The summed E-state index contributed by atoms with van der Waals surface area (Å²) in [5.74, 6) is 0. The zero-order chi connectivity index (χ0) is 12.7. The molecule has 0 amide bonds. The van der Waals surface area contributed by atoms with Crippen LogP contribution in [0.5, 0.6) is 0 Å². The molecule has 0 heterocycles. The van der Waals surface area contributed by atoms with Crippen molar-refractivity contribution in [3.05, 3.63) is 29.8 Å². The Hall–Kier alpha value is -0.620. The van der Waals surface area contributed by atoms with Crippen LogP contribution in [0, 0.1) is 0 Å². The topological polar surface area (TPSA) is 72.2 Å². The summed E-state index contributed by atoms with van der Waals surface area (Å²) in [6.07, 6.45) is 2.31. The van der Waals surface area contributed by atoms with Crippen molar-refractivity contribution in [1.29, 1.82) is 0 Å². The maximum Gasteiger partial charge on any atom is 0.240 e. The first-order valence-corrected chi connectivity index (χ1v) is 7.37. The average molecular weight is 293 g/mol. The third kappa shape index (κ3) is 4.94. The second kappa shape index (κ2) is 8.48. The van der Waals surface area contributed by atoms with Gasteiger partial charge in [-0.05, 0) is 37.4 Å². The van der Waals surface area contributed by atoms with E-state index >= 15 is 0 Å². The molecular weight excluding hydrogens is 272 g/mol. The van der Waals surface area contributed by atoms with Gasteiger partial charge >= 0.3 is 0 Å². The summed E-state index contributed by atoms with van der Waals surface area (Å²) >= 11 is 0. The van der Waals surface area contributed by atoms with Gasteiger partial charge in [0, 0.05) is 6.54 Å². The number of nitrogens with one attached hydrogen (secondary N) is 1. The highest BCUT2D eigenvalue weighted by atomic mass is 35.5. The van der Waals surface area contributed by atoms with Crippen molar-refractivity contribution >= 4 is 22.4 Å². The molecule has 0 fully saturated rings. The standard InChI is InChI=1S/C12H20N2O2S.ClH/c1-2-11-7-3-4-8-12(11)17(15,16)14-10-6-5-9-13;/h3-4,7-8,14H,2,5-6,9-10,13H2,1H3;1H. The summed E-state index contributed by atoms with van der Waals surface area (Å²) in [4.78, 5) is 0.384. The molecule has 0 radical (unpaired) electrons. The Kier molecular flexibility index (Phi) is 8.18. The van der Waals surface area contributed by atoms with Crippen LogP contribution in [0.25, 0.3) is 0 Å². The fourth-order valence-corrected chi connectivity index (χ4v) is 3.00. The molecular formula is C12H21ClN2O2S. The molecule has 3 N–H and O–H groups in total. The Morgan fingerprint density at radius 1 is 1.22 bits per heavy atom. The monoisotopic (exact) mass is 292 g/mol. The van der Waals surface area contributed by atoms with Crippen molar-refractivity contribution in [2.24, 2.45) is 5.73 Å². The summed E-state index contributed by atoms with van der Waals surface area (Å²) in [5, 5.41) is 0. The zero-order valence-corrected chi connectivity index (χ0v) is 12.2. The highest BCUT2D eigenvalue weighted by Crippen LogP contribution is 2.15. The van der Waals surface area contributed by atoms with Gasteiger partial charge in [0.05, 0.1) is 4.90 Å². The first-order chi connectivity index (χ1) is 8.11. The summed E-state index contributed by atoms with van der Waals surface area (Å²) in [5.41, 5.74) is 6.20. The summed E-state index contributed by atoms with van der Waals surface area (Å²) in [7, 11) is -3.37. The predicted octanol–water partition coefficient (Wildman–Crippen LogP) is 1.69. The normalized spacial score (nSPS) is 11.0. The smallest absolute Gasteiger partial charge is 0.240 e. The van der Waals surface area contributed by atoms with Crippen LogP contribution in [-0.2, 0) is 16.4 Å². The van der Waals surface area contributed by atoms with Gasteiger partial charge < -0.3 is 5.73 Å². The number of aryl methyl sites for hydroxylation is 1. The fourth-order valence-electron chi connectivity index (χ4n) is 1.61. The van der Waals surface area contributed by atoms with Crippen LogP contribution in [0.15, 0.2) is 29.2 Å². The molecule has 1 aromatic rings. The Morgan fingerprint density at radius 3 is 2.50 bits per heavy atom. The molecule has 0 saturated heterocycles. The van der Waals surface area contributed by atoms with Crippen LogP contribution in [-0.4, -0.2) is 21.5 Å². The quantitative estimate of drug-likeness (QED) is 0.751. The van der Waals surface area contributed by atoms with Gasteiger partial charge in [-0.3, -0.25) is 0 Å². The molecule has 0 aromatic heterocycles. The fraction of sp³-hybridized carbons (Fsp3) is 0.500. The molecule has 0 saturated carbocycles. The molecule has 0 aliphatic heterocycles. The lowest BCUT2D eigenvalue weighted by Gasteiger charge is -2.10. The Balaban J connectivity index is 0.00000289. The van der Waals surface area contributed by atoms with E-state index in [2.05, 4.69) is 4.72 Å². The molecule has 0 aliphatic rings. The SMILES string of the molecule is CCc1ccccc1S(=O)(=O)NCCCCN.Cl. The number of hydrogen-bond acceptors (Lipinski definition) is 3. The minimum Gasteiger partial charge on any atom is -0.330 e. The van der Waals surface area contributed by atoms with Crippen LogP contribution in [0.1, 0.15) is 25.3 Å². The van der Waals surface area contributed by atoms with Gasteiger partial charge in [0.25, 0.3) is 0 Å². The van der Waals surface area contributed by atoms with E-state index in [1.54, 1.807) is 12.1 Å². The molecule has 6 heteroatoms. The highest BCUT2D eigenvalue weighted by molar-refractivity contribution is 7.89. The van der Waals surface area contributed by atoms with Crippen LogP contribution in [0.3, 0.4) is 0 Å². The van der Waals surface area contributed by atoms with Crippen molar-refractivity contribution < 1.29 is 8.42 Å². The van der Waals surface area contributed by atoms with Gasteiger partial charge in [-0.2, -0.15) is 0 Å². The molecule has 1 aromatic carbocycles. The third-order valence-electron chi connectivity index (χ3n) is 2.57. The second-order valence-electron chi connectivity index (χ2n) is 3.85. The van der Waals surface area contributed by atoms with Gasteiger partial charge in [0.2, 0.25) is 10.0 Å². The minimum absolute atomic E-state index is 0. The summed E-state index contributed by atoms with van der Waals surface area (Å²) in [6, 6.07) is 7.08. The lowest BCUT2D eigenvalue weighted by molar-refractivity contribution is 0.576. The number of nitrogens with two attached hydrogens (primary N) is 1. The van der Waals surface area contributed by atoms with Crippen molar-refractivity contribution in [2.75, 3.05) is 13.1 Å². The van der Waals surface area contributed by atoms with E-state index in [4.69, 9.17) is 5.73 Å². The van der Waals surface area contributed by atoms with E-state index in [0.29, 0.717) is 24.4 Å². The molecule has 0 unspecified atom stereocenters. The zero-order valence-electron chi connectivity index (χ0n) is 10.6. The number of sulfonamides is 1. The number of unbranched alkanes of at least 4 members (excludes halogenated alkanes) is 1. The molecule has 0 spiro atoms. The largest absolute Gasteiger partial charge is 0.330 e. The van der Waals surface area contributed by atoms with Crippen molar-refractivity contribution in [2.45, 2.75) is 31.1 Å². The first kappa shape index (κ1) is 17.4. The van der Waals surface area contributed by atoms with E-state index in [0.717, 1.165) is 18.4 Å². The van der Waals surface area contributed by atoms with Gasteiger partial charge in [-0.25, -0.2) is 13.1 Å². The van der Waals surface area contributed by atoms with Crippen LogP contribution < -0.4 is 10.5 Å². The van der Waals surface area contributed by atoms with E-state index in [9.17, 15) is 8.42 Å². The molecule has 104 valence electrons. The number of halogens is 1. The molecule has 18 heavy (non-hydrogen) atoms. The Bertz CT molecular complexity index is 449. The van der Waals surface area contributed by atoms with Crippen molar-refractivity contribution in [3.8, 4) is 0 Å². The van der Waals surface area contributed by atoms with Crippen LogP contribution >= 0.6 is 12.4 Å². The first-order valence-electron chi connectivity index (χ1n) is 5.89. The van der Waals surface area contributed by atoms with E-state index in [1.165, 1.54) is 0 Å². The number of rotatable bonds is 7. The van der Waals surface area contributed by atoms with Crippen molar-refractivity contribution in [3.63, 3.8) is 0 Å². The number of benzene rings is 1. The van der Waals surface area contributed by atoms with Crippen LogP contribution in [0.2, 0.25) is 0 Å². The Morgan fingerprint density at radius 2 is 1.89 bits per heavy atom. The maximum absolute atomic E-state index is 12.0. The van der Waals surface area contributed by atoms with E-state index in [-0.39, 0.29) is 12.4 Å². The van der Waals surface area contributed by atoms with Gasteiger partial charge in [0.1, 0.15) is 0 Å². The maximum atomic E-state index is 12.0. The van der Waals surface area contributed by atoms with Gasteiger partial charge in [0.15, 0.2) is 0 Å². The van der Waals surface area contributed by atoms with E-state index < -0.39 is 10.0 Å². The van der Waals surface area contributed by atoms with Gasteiger partial charge in [-0.1, -0.05) is 25.1 Å². The van der Waals surface area contributed by atoms with Gasteiger partial charge in [-0.15, -0.1) is 12.4 Å². The summed E-state index contributed by atoms with van der Waals surface area (Å²) in [6.45, 7) is 2.98. The van der Waals surface area contributed by atoms with E-state index in [1.807, 2.05) is 19.1 Å². The highest BCUT2D eigenvalue weighted by Gasteiger charge is 2.16. The molecule has 0 atom stereocenters. The predicted molar refractivity (Wildman–Crippen MR) is 76.5 cm³/mol. The molecule has 1 rings (SSSR count). The minimum atomic E-state index is -3.37. The second-order valence-corrected chi connectivity index (χ2v) is 5.59. The average Bonchev–Trinajstić information content (AvgIpc) is 2.34. The third-order valence-corrected chi connectivity index (χ3v) is 4.13.